The first kappa shape index (κ1) is 15.6. The van der Waals surface area contributed by atoms with Gasteiger partial charge in [0.05, 0.1) is 0 Å². The molecule has 4 rings (SSSR count). The summed E-state index contributed by atoms with van der Waals surface area (Å²) in [5.74, 6) is 0.802. The maximum absolute atomic E-state index is 3.00. The summed E-state index contributed by atoms with van der Waals surface area (Å²) in [5.41, 5.74) is 6.27. The highest BCUT2D eigenvalue weighted by Gasteiger charge is 2.16. The van der Waals surface area contributed by atoms with Crippen LogP contribution < -0.4 is 0 Å². The van der Waals surface area contributed by atoms with Crippen LogP contribution >= 0.6 is 0 Å². The molecule has 0 bridgehead atoms. The van der Waals surface area contributed by atoms with Gasteiger partial charge < -0.3 is 0 Å². The predicted molar refractivity (Wildman–Crippen MR) is 92.9 cm³/mol. The molecule has 2 aliphatic carbocycles. The smallest absolute Gasteiger partial charge is 0.0184 e. The number of hydrogen-bond donors (Lipinski definition) is 0. The molecule has 0 saturated heterocycles. The number of fused-ring (bicyclic) bond motifs is 2. The number of rotatable bonds is 0. The van der Waals surface area contributed by atoms with Crippen molar-refractivity contribution in [2.24, 2.45) is 0 Å². The third-order valence-corrected chi connectivity index (χ3v) is 4.44. The van der Waals surface area contributed by atoms with Crippen LogP contribution in [0.15, 0.2) is 61.7 Å². The first-order valence-corrected chi connectivity index (χ1v) is 7.99. The standard InChI is InChI=1S/C10H12.C9H10.C2H4/c1-8-6-7-9-4-2-3-5-10(8)9;1-2-5-9-7-3-6-8(9)4-1;1-2/h2-5,8H,6-7H2,1H3;1-2,4-5H,3,6-7H2;1-2H2. The van der Waals surface area contributed by atoms with Gasteiger partial charge in [-0.2, -0.15) is 0 Å². The molecule has 21 heavy (non-hydrogen) atoms. The van der Waals surface area contributed by atoms with E-state index in [-0.39, 0.29) is 0 Å². The van der Waals surface area contributed by atoms with Gasteiger partial charge in [-0.05, 0) is 60.3 Å². The summed E-state index contributed by atoms with van der Waals surface area (Å²) in [7, 11) is 0. The van der Waals surface area contributed by atoms with E-state index in [1.54, 1.807) is 22.3 Å². The molecule has 0 heteroatoms. The highest BCUT2D eigenvalue weighted by atomic mass is 14.2. The predicted octanol–water partition coefficient (Wildman–Crippen LogP) is 5.71. The molecule has 0 nitrogen and oxygen atoms in total. The zero-order chi connectivity index (χ0) is 15.1. The molecule has 0 N–H and O–H groups in total. The molecule has 0 fully saturated rings. The van der Waals surface area contributed by atoms with Crippen LogP contribution in [0.25, 0.3) is 0 Å². The second-order valence-corrected chi connectivity index (χ2v) is 5.76. The lowest BCUT2D eigenvalue weighted by Gasteiger charge is -2.01. The molecule has 0 saturated carbocycles. The molecule has 0 aromatic heterocycles. The number of hydrogen-bond acceptors (Lipinski definition) is 0. The molecule has 0 heterocycles. The van der Waals surface area contributed by atoms with Crippen molar-refractivity contribution in [3.8, 4) is 0 Å². The zero-order valence-corrected chi connectivity index (χ0v) is 13.1. The van der Waals surface area contributed by atoms with Crippen molar-refractivity contribution >= 4 is 0 Å². The van der Waals surface area contributed by atoms with Gasteiger partial charge in [-0.1, -0.05) is 55.5 Å². The molecule has 0 aliphatic heterocycles. The highest BCUT2D eigenvalue weighted by Crippen LogP contribution is 2.31. The minimum Gasteiger partial charge on any atom is -0.106 e. The second kappa shape index (κ2) is 7.83. The van der Waals surface area contributed by atoms with Crippen molar-refractivity contribution in [1.82, 2.24) is 0 Å². The summed E-state index contributed by atoms with van der Waals surface area (Å²) >= 11 is 0. The van der Waals surface area contributed by atoms with Crippen LogP contribution in [0, 0.1) is 0 Å². The van der Waals surface area contributed by atoms with Crippen molar-refractivity contribution in [1.29, 1.82) is 0 Å². The lowest BCUT2D eigenvalue weighted by molar-refractivity contribution is 0.747. The van der Waals surface area contributed by atoms with Crippen molar-refractivity contribution in [2.45, 2.75) is 44.9 Å². The molecule has 2 aliphatic rings. The zero-order valence-electron chi connectivity index (χ0n) is 13.1. The Morgan fingerprint density at radius 1 is 0.762 bits per heavy atom. The first-order valence-electron chi connectivity index (χ1n) is 7.99. The van der Waals surface area contributed by atoms with E-state index in [4.69, 9.17) is 0 Å². The van der Waals surface area contributed by atoms with Crippen molar-refractivity contribution in [3.05, 3.63) is 83.9 Å². The van der Waals surface area contributed by atoms with Gasteiger partial charge in [-0.15, -0.1) is 13.2 Å². The molecule has 1 atom stereocenters. The van der Waals surface area contributed by atoms with Gasteiger partial charge in [-0.25, -0.2) is 0 Å². The van der Waals surface area contributed by atoms with Crippen LogP contribution in [-0.2, 0) is 19.3 Å². The lowest BCUT2D eigenvalue weighted by atomic mass is 10.0. The molecular weight excluding hydrogens is 252 g/mol. The van der Waals surface area contributed by atoms with E-state index in [1.807, 2.05) is 0 Å². The van der Waals surface area contributed by atoms with E-state index in [9.17, 15) is 0 Å². The summed E-state index contributed by atoms with van der Waals surface area (Å²) < 4.78 is 0. The second-order valence-electron chi connectivity index (χ2n) is 5.76. The van der Waals surface area contributed by atoms with Crippen LogP contribution in [0.2, 0.25) is 0 Å². The summed E-state index contributed by atoms with van der Waals surface area (Å²) in [4.78, 5) is 0. The van der Waals surface area contributed by atoms with Crippen LogP contribution in [0.5, 0.6) is 0 Å². The Balaban J connectivity index is 0.000000138. The summed E-state index contributed by atoms with van der Waals surface area (Å²) in [6.07, 6.45) is 6.60. The maximum Gasteiger partial charge on any atom is -0.0184 e. The highest BCUT2D eigenvalue weighted by molar-refractivity contribution is 5.34. The maximum atomic E-state index is 3.00. The minimum absolute atomic E-state index is 0.802. The monoisotopic (exact) mass is 278 g/mol. The molecule has 2 aromatic rings. The Kier molecular flexibility index (Phi) is 5.80. The van der Waals surface area contributed by atoms with E-state index < -0.39 is 0 Å². The van der Waals surface area contributed by atoms with Crippen molar-refractivity contribution in [3.63, 3.8) is 0 Å². The topological polar surface area (TPSA) is 0 Å². The van der Waals surface area contributed by atoms with Crippen molar-refractivity contribution in [2.75, 3.05) is 0 Å². The van der Waals surface area contributed by atoms with Crippen molar-refractivity contribution < 1.29 is 0 Å². The average Bonchev–Trinajstić information content (AvgIpc) is 3.17. The molecule has 0 amide bonds. The molecule has 2 aromatic carbocycles. The van der Waals surface area contributed by atoms with E-state index in [1.165, 1.54) is 32.1 Å². The number of aryl methyl sites for hydroxylation is 3. The Morgan fingerprint density at radius 2 is 1.29 bits per heavy atom. The van der Waals surface area contributed by atoms with Gasteiger partial charge in [0.25, 0.3) is 0 Å². The van der Waals surface area contributed by atoms with E-state index >= 15 is 0 Å². The van der Waals surface area contributed by atoms with Gasteiger partial charge in [0.1, 0.15) is 0 Å². The average molecular weight is 278 g/mol. The fraction of sp³-hybridized carbons (Fsp3) is 0.333. The number of benzene rings is 2. The quantitative estimate of drug-likeness (QED) is 0.541. The van der Waals surface area contributed by atoms with E-state index in [0.29, 0.717) is 0 Å². The summed E-state index contributed by atoms with van der Waals surface area (Å²) in [6.45, 7) is 8.31. The summed E-state index contributed by atoms with van der Waals surface area (Å²) in [6, 6.07) is 17.5. The van der Waals surface area contributed by atoms with Crippen LogP contribution in [0.1, 0.15) is 47.9 Å². The largest absolute Gasteiger partial charge is 0.106 e. The Hall–Kier alpha value is -1.82. The van der Waals surface area contributed by atoms with Gasteiger partial charge in [0, 0.05) is 0 Å². The third kappa shape index (κ3) is 3.85. The van der Waals surface area contributed by atoms with Gasteiger partial charge in [0.15, 0.2) is 0 Å². The Bertz CT molecular complexity index is 545. The normalized spacial score (nSPS) is 17.7. The van der Waals surface area contributed by atoms with Gasteiger partial charge in [0.2, 0.25) is 0 Å². The Labute approximate surface area is 129 Å². The van der Waals surface area contributed by atoms with Crippen LogP contribution in [0.3, 0.4) is 0 Å². The fourth-order valence-corrected chi connectivity index (χ4v) is 3.28. The lowest BCUT2D eigenvalue weighted by Crippen LogP contribution is -1.83. The molecule has 1 unspecified atom stereocenters. The Morgan fingerprint density at radius 3 is 1.86 bits per heavy atom. The minimum atomic E-state index is 0.802. The molecular formula is C21H26. The third-order valence-electron chi connectivity index (χ3n) is 4.44. The van der Waals surface area contributed by atoms with Crippen LogP contribution in [0.4, 0.5) is 0 Å². The molecule has 0 radical (unpaired) electrons. The van der Waals surface area contributed by atoms with Gasteiger partial charge in [-0.3, -0.25) is 0 Å². The molecule has 110 valence electrons. The van der Waals surface area contributed by atoms with E-state index in [0.717, 1.165) is 5.92 Å². The SMILES string of the molecule is C=C.CC1CCc2ccccc21.c1ccc2c(c1)CCC2. The van der Waals surface area contributed by atoms with Crippen LogP contribution in [-0.4, -0.2) is 0 Å². The van der Waals surface area contributed by atoms with Gasteiger partial charge >= 0.3 is 0 Å². The summed E-state index contributed by atoms with van der Waals surface area (Å²) in [5, 5.41) is 0. The first-order chi connectivity index (χ1) is 10.3. The molecule has 0 spiro atoms. The fourth-order valence-electron chi connectivity index (χ4n) is 3.28. The van der Waals surface area contributed by atoms with E-state index in [2.05, 4.69) is 68.6 Å².